The van der Waals surface area contributed by atoms with Crippen LogP contribution in [0.1, 0.15) is 0 Å². The van der Waals surface area contributed by atoms with Gasteiger partial charge < -0.3 is 0 Å². The average molecular weight is 378 g/mol. The smallest absolute Gasteiger partial charge is 0.145 e. The van der Waals surface area contributed by atoms with Crippen molar-refractivity contribution in [2.45, 2.75) is 0 Å². The van der Waals surface area contributed by atoms with Crippen molar-refractivity contribution in [3.05, 3.63) is 85.3 Å². The van der Waals surface area contributed by atoms with E-state index in [2.05, 4.69) is 69.1 Å². The van der Waals surface area contributed by atoms with Gasteiger partial charge >= 0.3 is 0 Å². The van der Waals surface area contributed by atoms with E-state index in [4.69, 9.17) is 4.98 Å². The molecule has 0 atom stereocenters. The molecule has 0 aliphatic rings. The Labute approximate surface area is 164 Å². The summed E-state index contributed by atoms with van der Waals surface area (Å²) < 4.78 is 3.37. The van der Waals surface area contributed by atoms with Gasteiger partial charge in [-0.25, -0.2) is 9.97 Å². The molecule has 0 fully saturated rings. The number of hydrogen-bond acceptors (Lipinski definition) is 4. The molecule has 5 heteroatoms. The molecule has 4 aromatic heterocycles. The molecule has 0 spiro atoms. The summed E-state index contributed by atoms with van der Waals surface area (Å²) in [6.45, 7) is 0. The molecule has 0 unspecified atom stereocenters. The maximum absolute atomic E-state index is 4.71. The minimum atomic E-state index is 0.943. The Hall–Kier alpha value is -3.57. The third-order valence-electron chi connectivity index (χ3n) is 5.00. The largest absolute Gasteiger partial charge is 0.294 e. The van der Waals surface area contributed by atoms with Gasteiger partial charge in [0.05, 0.1) is 16.4 Å². The SMILES string of the molecule is c1ccc2c(c1)c1cccnc1n2-c1ccc(-c2nc3cnccc3s2)cc1. The summed E-state index contributed by atoms with van der Waals surface area (Å²) in [6, 6.07) is 23.1. The van der Waals surface area contributed by atoms with E-state index in [0.717, 1.165) is 37.6 Å². The molecule has 132 valence electrons. The molecule has 4 nitrogen and oxygen atoms in total. The fourth-order valence-electron chi connectivity index (χ4n) is 3.71. The highest BCUT2D eigenvalue weighted by atomic mass is 32.1. The van der Waals surface area contributed by atoms with Gasteiger partial charge in [-0.3, -0.25) is 9.55 Å². The minimum Gasteiger partial charge on any atom is -0.294 e. The van der Waals surface area contributed by atoms with Crippen molar-refractivity contribution in [3.63, 3.8) is 0 Å². The fraction of sp³-hybridized carbons (Fsp3) is 0. The van der Waals surface area contributed by atoms with Gasteiger partial charge in [0.25, 0.3) is 0 Å². The first-order valence-electron chi connectivity index (χ1n) is 9.04. The van der Waals surface area contributed by atoms with Crippen LogP contribution in [0.25, 0.3) is 48.4 Å². The topological polar surface area (TPSA) is 43.6 Å². The number of thiazole rings is 1. The zero-order valence-electron chi connectivity index (χ0n) is 14.8. The van der Waals surface area contributed by atoms with Crippen LogP contribution in [-0.4, -0.2) is 19.5 Å². The lowest BCUT2D eigenvalue weighted by Gasteiger charge is -2.07. The summed E-state index contributed by atoms with van der Waals surface area (Å²) in [6.07, 6.45) is 5.47. The van der Waals surface area contributed by atoms with E-state index in [1.54, 1.807) is 11.3 Å². The Morgan fingerprint density at radius 1 is 0.786 bits per heavy atom. The fourth-order valence-corrected chi connectivity index (χ4v) is 4.65. The Bertz CT molecular complexity index is 1370. The quantitative estimate of drug-likeness (QED) is 0.379. The Morgan fingerprint density at radius 2 is 1.64 bits per heavy atom. The molecule has 0 aliphatic heterocycles. The highest BCUT2D eigenvalue weighted by Crippen LogP contribution is 2.33. The van der Waals surface area contributed by atoms with Crippen LogP contribution < -0.4 is 0 Å². The predicted molar refractivity (Wildman–Crippen MR) is 115 cm³/mol. The van der Waals surface area contributed by atoms with E-state index in [1.165, 1.54) is 10.8 Å². The van der Waals surface area contributed by atoms with Gasteiger partial charge in [0.2, 0.25) is 0 Å². The zero-order valence-corrected chi connectivity index (χ0v) is 15.6. The summed E-state index contributed by atoms with van der Waals surface area (Å²) in [4.78, 5) is 13.5. The van der Waals surface area contributed by atoms with Crippen LogP contribution in [0.5, 0.6) is 0 Å². The molecule has 2 aromatic carbocycles. The van der Waals surface area contributed by atoms with Crippen molar-refractivity contribution in [2.75, 3.05) is 0 Å². The van der Waals surface area contributed by atoms with Crippen molar-refractivity contribution in [3.8, 4) is 16.3 Å². The summed E-state index contributed by atoms with van der Waals surface area (Å²) >= 11 is 1.69. The monoisotopic (exact) mass is 378 g/mol. The molecule has 4 heterocycles. The van der Waals surface area contributed by atoms with Gasteiger partial charge in [-0.15, -0.1) is 11.3 Å². The van der Waals surface area contributed by atoms with Crippen LogP contribution in [-0.2, 0) is 0 Å². The maximum Gasteiger partial charge on any atom is 0.145 e. The Kier molecular flexibility index (Phi) is 3.30. The van der Waals surface area contributed by atoms with E-state index in [1.807, 2.05) is 30.7 Å². The number of pyridine rings is 2. The van der Waals surface area contributed by atoms with E-state index in [9.17, 15) is 0 Å². The van der Waals surface area contributed by atoms with Crippen LogP contribution in [0.4, 0.5) is 0 Å². The van der Waals surface area contributed by atoms with Gasteiger partial charge in [-0.05, 0) is 48.5 Å². The molecular formula is C23H14N4S. The van der Waals surface area contributed by atoms with Crippen LogP contribution in [0.15, 0.2) is 85.3 Å². The molecule has 0 bridgehead atoms. The first kappa shape index (κ1) is 15.5. The van der Waals surface area contributed by atoms with Crippen molar-refractivity contribution in [2.24, 2.45) is 0 Å². The lowest BCUT2D eigenvalue weighted by Crippen LogP contribution is -1.95. The van der Waals surface area contributed by atoms with E-state index in [0.29, 0.717) is 0 Å². The molecule has 28 heavy (non-hydrogen) atoms. The summed E-state index contributed by atoms with van der Waals surface area (Å²) in [7, 11) is 0. The number of aromatic nitrogens is 4. The van der Waals surface area contributed by atoms with Crippen molar-refractivity contribution in [1.29, 1.82) is 0 Å². The first-order chi connectivity index (χ1) is 13.9. The minimum absolute atomic E-state index is 0.943. The third-order valence-corrected chi connectivity index (χ3v) is 6.08. The molecule has 0 amide bonds. The van der Waals surface area contributed by atoms with Crippen LogP contribution in [0.3, 0.4) is 0 Å². The van der Waals surface area contributed by atoms with Crippen molar-refractivity contribution >= 4 is 43.5 Å². The number of fused-ring (bicyclic) bond motifs is 4. The van der Waals surface area contributed by atoms with E-state index >= 15 is 0 Å². The molecule has 0 saturated carbocycles. The molecule has 0 radical (unpaired) electrons. The number of hydrogen-bond donors (Lipinski definition) is 0. The number of nitrogens with zero attached hydrogens (tertiary/aromatic N) is 4. The van der Waals surface area contributed by atoms with E-state index in [-0.39, 0.29) is 0 Å². The summed E-state index contributed by atoms with van der Waals surface area (Å²) in [5.41, 5.74) is 5.28. The third kappa shape index (κ3) is 2.27. The van der Waals surface area contributed by atoms with Gasteiger partial charge in [0.15, 0.2) is 0 Å². The number of para-hydroxylation sites is 1. The van der Waals surface area contributed by atoms with Crippen molar-refractivity contribution < 1.29 is 0 Å². The number of rotatable bonds is 2. The maximum atomic E-state index is 4.71. The Morgan fingerprint density at radius 3 is 2.54 bits per heavy atom. The molecule has 0 N–H and O–H groups in total. The molecular weight excluding hydrogens is 364 g/mol. The molecule has 0 aliphatic carbocycles. The van der Waals surface area contributed by atoms with Crippen LogP contribution in [0.2, 0.25) is 0 Å². The van der Waals surface area contributed by atoms with Gasteiger partial charge in [0, 0.05) is 34.4 Å². The lowest BCUT2D eigenvalue weighted by molar-refractivity contribution is 1.14. The van der Waals surface area contributed by atoms with Crippen LogP contribution >= 0.6 is 11.3 Å². The zero-order chi connectivity index (χ0) is 18.5. The molecule has 0 saturated heterocycles. The molecule has 6 aromatic rings. The standard InChI is InChI=1S/C23H14N4S/c1-2-6-20-17(4-1)18-5-3-12-25-22(18)27(20)16-9-7-15(8-10-16)23-26-19-14-24-13-11-21(19)28-23/h1-14H. The second-order valence-corrected chi connectivity index (χ2v) is 7.67. The first-order valence-corrected chi connectivity index (χ1v) is 9.86. The lowest BCUT2D eigenvalue weighted by atomic mass is 10.2. The van der Waals surface area contributed by atoms with E-state index < -0.39 is 0 Å². The highest BCUT2D eigenvalue weighted by molar-refractivity contribution is 7.21. The summed E-state index contributed by atoms with van der Waals surface area (Å²) in [5.74, 6) is 0. The second-order valence-electron chi connectivity index (χ2n) is 6.64. The van der Waals surface area contributed by atoms with Gasteiger partial charge in [-0.2, -0.15) is 0 Å². The normalized spacial score (nSPS) is 11.6. The molecule has 6 rings (SSSR count). The van der Waals surface area contributed by atoms with Crippen LogP contribution in [0, 0.1) is 0 Å². The second kappa shape index (κ2) is 5.97. The van der Waals surface area contributed by atoms with Crippen molar-refractivity contribution in [1.82, 2.24) is 19.5 Å². The van der Waals surface area contributed by atoms with Gasteiger partial charge in [0.1, 0.15) is 16.2 Å². The van der Waals surface area contributed by atoms with Gasteiger partial charge in [-0.1, -0.05) is 18.2 Å². The number of benzene rings is 2. The predicted octanol–water partition coefficient (Wildman–Crippen LogP) is 5.85. The summed E-state index contributed by atoms with van der Waals surface area (Å²) in [5, 5.41) is 3.39. The average Bonchev–Trinajstić information content (AvgIpc) is 3.33. The Balaban J connectivity index is 1.52. The highest BCUT2D eigenvalue weighted by Gasteiger charge is 2.13.